The van der Waals surface area contributed by atoms with Gasteiger partial charge in [-0.05, 0) is 60.2 Å². The Labute approximate surface area is 128 Å². The van der Waals surface area contributed by atoms with Crippen molar-refractivity contribution in [3.8, 4) is 0 Å². The number of fused-ring (bicyclic) bond motifs is 1. The van der Waals surface area contributed by atoms with Crippen molar-refractivity contribution in [2.24, 2.45) is 28.1 Å². The quantitative estimate of drug-likeness (QED) is 0.519. The van der Waals surface area contributed by atoms with E-state index < -0.39 is 0 Å². The molecule has 0 heterocycles. The van der Waals surface area contributed by atoms with E-state index in [1.54, 1.807) is 0 Å². The van der Waals surface area contributed by atoms with Crippen LogP contribution >= 0.6 is 0 Å². The fraction of sp³-hybridized carbons (Fsp3) is 1.00. The molecule has 0 spiro atoms. The fourth-order valence-electron chi connectivity index (χ4n) is 5.86. The topological polar surface area (TPSA) is 0 Å². The summed E-state index contributed by atoms with van der Waals surface area (Å²) in [7, 11) is 0. The maximum Gasteiger partial charge on any atom is -0.0269 e. The third kappa shape index (κ3) is 2.81. The Morgan fingerprint density at radius 2 is 1.65 bits per heavy atom. The molecule has 0 aromatic carbocycles. The zero-order valence-electron chi connectivity index (χ0n) is 15.0. The fourth-order valence-corrected chi connectivity index (χ4v) is 5.86. The van der Waals surface area contributed by atoms with Crippen LogP contribution in [0, 0.1) is 28.1 Å². The standard InChI is InChI=1S/C20H38/c1-7-18(4)12-9-8-11-17-19(5,15-18)13-10-14-20(17,6)16(2)3/h16-17H,7-15H2,1-6H3. The van der Waals surface area contributed by atoms with Crippen molar-refractivity contribution >= 4 is 0 Å². The van der Waals surface area contributed by atoms with E-state index in [9.17, 15) is 0 Å². The lowest BCUT2D eigenvalue weighted by Gasteiger charge is -2.58. The summed E-state index contributed by atoms with van der Waals surface area (Å²) in [5, 5.41) is 0. The van der Waals surface area contributed by atoms with Crippen LogP contribution < -0.4 is 0 Å². The lowest BCUT2D eigenvalue weighted by Crippen LogP contribution is -2.48. The summed E-state index contributed by atoms with van der Waals surface area (Å²) in [6, 6.07) is 0. The van der Waals surface area contributed by atoms with Gasteiger partial charge in [0.15, 0.2) is 0 Å². The molecule has 0 radical (unpaired) electrons. The first-order valence-electron chi connectivity index (χ1n) is 9.26. The van der Waals surface area contributed by atoms with E-state index in [0.717, 1.165) is 11.8 Å². The molecule has 0 aromatic rings. The van der Waals surface area contributed by atoms with Crippen LogP contribution in [-0.4, -0.2) is 0 Å². The van der Waals surface area contributed by atoms with Gasteiger partial charge in [0.25, 0.3) is 0 Å². The maximum absolute atomic E-state index is 2.65. The summed E-state index contributed by atoms with van der Waals surface area (Å²) >= 11 is 0. The second kappa shape index (κ2) is 5.65. The minimum atomic E-state index is 0.582. The Morgan fingerprint density at radius 1 is 0.950 bits per heavy atom. The van der Waals surface area contributed by atoms with E-state index in [1.165, 1.54) is 57.8 Å². The van der Waals surface area contributed by atoms with E-state index in [2.05, 4.69) is 41.5 Å². The molecule has 118 valence electrons. The average molecular weight is 279 g/mol. The molecular formula is C20H38. The van der Waals surface area contributed by atoms with Crippen molar-refractivity contribution in [1.29, 1.82) is 0 Å². The third-order valence-electron chi connectivity index (χ3n) is 7.63. The molecule has 0 aromatic heterocycles. The van der Waals surface area contributed by atoms with Gasteiger partial charge in [-0.15, -0.1) is 0 Å². The molecule has 2 saturated carbocycles. The van der Waals surface area contributed by atoms with Crippen molar-refractivity contribution in [3.05, 3.63) is 0 Å². The molecule has 0 amide bonds. The normalized spacial score (nSPS) is 46.6. The maximum atomic E-state index is 2.65. The van der Waals surface area contributed by atoms with Gasteiger partial charge in [0, 0.05) is 0 Å². The van der Waals surface area contributed by atoms with E-state index in [4.69, 9.17) is 0 Å². The van der Waals surface area contributed by atoms with Gasteiger partial charge in [-0.25, -0.2) is 0 Å². The Kier molecular flexibility index (Phi) is 4.63. The molecule has 4 unspecified atom stereocenters. The van der Waals surface area contributed by atoms with Gasteiger partial charge >= 0.3 is 0 Å². The van der Waals surface area contributed by atoms with Crippen molar-refractivity contribution < 1.29 is 0 Å². The first-order valence-corrected chi connectivity index (χ1v) is 9.26. The number of hydrogen-bond donors (Lipinski definition) is 0. The summed E-state index contributed by atoms with van der Waals surface area (Å²) < 4.78 is 0. The number of rotatable bonds is 2. The van der Waals surface area contributed by atoms with Gasteiger partial charge in [-0.1, -0.05) is 67.2 Å². The Morgan fingerprint density at radius 3 is 2.25 bits per heavy atom. The van der Waals surface area contributed by atoms with Crippen LogP contribution in [0.4, 0.5) is 0 Å². The minimum Gasteiger partial charge on any atom is -0.0649 e. The van der Waals surface area contributed by atoms with Gasteiger partial charge in [-0.2, -0.15) is 0 Å². The highest BCUT2D eigenvalue weighted by molar-refractivity contribution is 5.01. The predicted octanol–water partition coefficient (Wildman–Crippen LogP) is 6.84. The molecule has 2 aliphatic carbocycles. The van der Waals surface area contributed by atoms with Crippen LogP contribution in [0.2, 0.25) is 0 Å². The van der Waals surface area contributed by atoms with Gasteiger partial charge in [-0.3, -0.25) is 0 Å². The second-order valence-electron chi connectivity index (χ2n) is 9.31. The lowest BCUT2D eigenvalue weighted by atomic mass is 9.47. The van der Waals surface area contributed by atoms with Gasteiger partial charge in [0.05, 0.1) is 0 Å². The highest BCUT2D eigenvalue weighted by atomic mass is 14.6. The summed E-state index contributed by atoms with van der Waals surface area (Å²) in [5.41, 5.74) is 1.78. The van der Waals surface area contributed by atoms with Crippen LogP contribution in [0.5, 0.6) is 0 Å². The monoisotopic (exact) mass is 278 g/mol. The second-order valence-corrected chi connectivity index (χ2v) is 9.31. The smallest absolute Gasteiger partial charge is 0.0269 e. The summed E-state index contributed by atoms with van der Waals surface area (Å²) in [6.07, 6.45) is 13.1. The largest absolute Gasteiger partial charge is 0.0649 e. The molecule has 4 atom stereocenters. The average Bonchev–Trinajstić information content (AvgIpc) is 2.35. The van der Waals surface area contributed by atoms with Gasteiger partial charge in [0.2, 0.25) is 0 Å². The van der Waals surface area contributed by atoms with Crippen molar-refractivity contribution in [2.75, 3.05) is 0 Å². The highest BCUT2D eigenvalue weighted by Crippen LogP contribution is 2.61. The van der Waals surface area contributed by atoms with E-state index in [1.807, 2.05) is 0 Å². The van der Waals surface area contributed by atoms with E-state index >= 15 is 0 Å². The molecule has 0 saturated heterocycles. The third-order valence-corrected chi connectivity index (χ3v) is 7.63. The first-order chi connectivity index (χ1) is 9.26. The van der Waals surface area contributed by atoms with Gasteiger partial charge in [0.1, 0.15) is 0 Å². The highest BCUT2D eigenvalue weighted by Gasteiger charge is 2.51. The molecule has 0 bridgehead atoms. The molecule has 2 aliphatic rings. The SMILES string of the molecule is CCC1(C)CCCCC2C(C)(CCCC2(C)C(C)C)C1. The molecule has 0 nitrogen and oxygen atoms in total. The van der Waals surface area contributed by atoms with Crippen LogP contribution in [0.3, 0.4) is 0 Å². The van der Waals surface area contributed by atoms with Crippen LogP contribution in [0.15, 0.2) is 0 Å². The van der Waals surface area contributed by atoms with E-state index in [-0.39, 0.29) is 0 Å². The molecule has 0 aliphatic heterocycles. The molecule has 0 N–H and O–H groups in total. The Bertz CT molecular complexity index is 331. The zero-order chi connectivity index (χ0) is 15.0. The zero-order valence-corrected chi connectivity index (χ0v) is 15.0. The summed E-state index contributed by atoms with van der Waals surface area (Å²) in [4.78, 5) is 0. The van der Waals surface area contributed by atoms with Crippen molar-refractivity contribution in [1.82, 2.24) is 0 Å². The minimum absolute atomic E-state index is 0.582. The Hall–Kier alpha value is 0. The molecule has 2 rings (SSSR count). The summed E-state index contributed by atoms with van der Waals surface area (Å²) in [6.45, 7) is 15.2. The van der Waals surface area contributed by atoms with Crippen LogP contribution in [-0.2, 0) is 0 Å². The molecule has 0 heteroatoms. The van der Waals surface area contributed by atoms with Crippen molar-refractivity contribution in [2.45, 2.75) is 99.3 Å². The first kappa shape index (κ1) is 16.4. The lowest BCUT2D eigenvalue weighted by molar-refractivity contribution is -0.0786. The molecule has 20 heavy (non-hydrogen) atoms. The Balaban J connectivity index is 2.33. The van der Waals surface area contributed by atoms with E-state index in [0.29, 0.717) is 16.2 Å². The van der Waals surface area contributed by atoms with Gasteiger partial charge < -0.3 is 0 Å². The van der Waals surface area contributed by atoms with Crippen LogP contribution in [0.25, 0.3) is 0 Å². The number of hydrogen-bond acceptors (Lipinski definition) is 0. The summed E-state index contributed by atoms with van der Waals surface area (Å²) in [5.74, 6) is 1.79. The van der Waals surface area contributed by atoms with Crippen molar-refractivity contribution in [3.63, 3.8) is 0 Å². The molecular weight excluding hydrogens is 240 g/mol. The predicted molar refractivity (Wildman–Crippen MR) is 89.9 cm³/mol. The molecule has 2 fully saturated rings. The van der Waals surface area contributed by atoms with Crippen LogP contribution in [0.1, 0.15) is 99.3 Å².